The van der Waals surface area contributed by atoms with E-state index in [4.69, 9.17) is 0 Å². The summed E-state index contributed by atoms with van der Waals surface area (Å²) in [4.78, 5) is 18.8. The molecule has 0 unspecified atom stereocenters. The maximum Gasteiger partial charge on any atom is 0.254 e. The van der Waals surface area contributed by atoms with Crippen molar-refractivity contribution in [1.82, 2.24) is 20.1 Å². The molecule has 0 radical (unpaired) electrons. The van der Waals surface area contributed by atoms with Gasteiger partial charge in [0.15, 0.2) is 5.82 Å². The van der Waals surface area contributed by atoms with Crippen LogP contribution in [-0.4, -0.2) is 45.8 Å². The molecule has 0 aliphatic carbocycles. The topological polar surface area (TPSA) is 61.9 Å². The Morgan fingerprint density at radius 3 is 2.84 bits per heavy atom. The Labute approximate surface area is 148 Å². The van der Waals surface area contributed by atoms with Gasteiger partial charge in [-0.1, -0.05) is 30.3 Å². The Hall–Kier alpha value is -2.54. The van der Waals surface area contributed by atoms with Crippen molar-refractivity contribution in [2.75, 3.05) is 19.8 Å². The van der Waals surface area contributed by atoms with Gasteiger partial charge in [-0.15, -0.1) is 0 Å². The monoisotopic (exact) mass is 356 g/mol. The maximum absolute atomic E-state index is 13.5. The highest BCUT2D eigenvalue weighted by atomic mass is 32.1. The number of thiophene rings is 1. The van der Waals surface area contributed by atoms with Gasteiger partial charge < -0.3 is 4.90 Å². The highest BCUT2D eigenvalue weighted by Gasteiger charge is 2.38. The second-order valence-electron chi connectivity index (χ2n) is 6.15. The number of amides is 1. The number of halogens is 1. The quantitative estimate of drug-likeness (QED) is 0.780. The van der Waals surface area contributed by atoms with Crippen molar-refractivity contribution in [3.63, 3.8) is 0 Å². The fraction of sp³-hybridized carbons (Fsp3) is 0.278. The van der Waals surface area contributed by atoms with Gasteiger partial charge in [-0.2, -0.15) is 16.4 Å². The van der Waals surface area contributed by atoms with Crippen LogP contribution in [0.1, 0.15) is 22.1 Å². The van der Waals surface area contributed by atoms with Crippen LogP contribution in [0.4, 0.5) is 4.39 Å². The van der Waals surface area contributed by atoms with E-state index in [1.807, 2.05) is 41.1 Å². The van der Waals surface area contributed by atoms with Crippen LogP contribution < -0.4 is 0 Å². The predicted octanol–water partition coefficient (Wildman–Crippen LogP) is 3.36. The Bertz CT molecular complexity index is 849. The number of carbonyl (C=O) groups is 1. The van der Waals surface area contributed by atoms with Crippen molar-refractivity contribution in [3.05, 3.63) is 58.5 Å². The number of carbonyl (C=O) groups excluding carboxylic acids is 1. The Kier molecular flexibility index (Phi) is 4.31. The molecule has 2 atom stereocenters. The number of rotatable bonds is 4. The molecule has 1 saturated heterocycles. The van der Waals surface area contributed by atoms with Crippen LogP contribution in [0.2, 0.25) is 0 Å². The molecule has 5 nitrogen and oxygen atoms in total. The zero-order chi connectivity index (χ0) is 17.2. The molecule has 2 aromatic heterocycles. The summed E-state index contributed by atoms with van der Waals surface area (Å²) in [5.41, 5.74) is 1.57. The molecule has 128 valence electrons. The van der Waals surface area contributed by atoms with E-state index in [0.29, 0.717) is 30.3 Å². The van der Waals surface area contributed by atoms with Gasteiger partial charge in [-0.05, 0) is 11.4 Å². The maximum atomic E-state index is 13.5. The first kappa shape index (κ1) is 16.0. The number of nitrogens with zero attached hydrogens (tertiary/aromatic N) is 3. The molecule has 3 aromatic rings. The van der Waals surface area contributed by atoms with Gasteiger partial charge in [-0.25, -0.2) is 4.98 Å². The number of benzene rings is 1. The van der Waals surface area contributed by atoms with Crippen molar-refractivity contribution in [2.24, 2.45) is 5.92 Å². The molecule has 0 spiro atoms. The van der Waals surface area contributed by atoms with Gasteiger partial charge in [0.25, 0.3) is 5.91 Å². The van der Waals surface area contributed by atoms with Crippen LogP contribution in [0.25, 0.3) is 11.4 Å². The fourth-order valence-corrected chi connectivity index (χ4v) is 3.86. The van der Waals surface area contributed by atoms with Crippen molar-refractivity contribution in [3.8, 4) is 11.4 Å². The third-order valence-electron chi connectivity index (χ3n) is 4.58. The van der Waals surface area contributed by atoms with Gasteiger partial charge in [0.1, 0.15) is 5.82 Å². The van der Waals surface area contributed by atoms with Crippen molar-refractivity contribution < 1.29 is 9.18 Å². The molecule has 25 heavy (non-hydrogen) atoms. The molecule has 1 aromatic carbocycles. The molecular formula is C18H17FN4OS. The number of hydrogen-bond acceptors (Lipinski definition) is 4. The molecule has 0 saturated carbocycles. The largest absolute Gasteiger partial charge is 0.337 e. The van der Waals surface area contributed by atoms with Crippen LogP contribution in [0.3, 0.4) is 0 Å². The minimum Gasteiger partial charge on any atom is -0.337 e. The van der Waals surface area contributed by atoms with Gasteiger partial charge >= 0.3 is 0 Å². The van der Waals surface area contributed by atoms with Gasteiger partial charge in [-0.3, -0.25) is 14.3 Å². The number of H-pyrrole nitrogens is 1. The number of aromatic nitrogens is 3. The van der Waals surface area contributed by atoms with Crippen molar-refractivity contribution in [1.29, 1.82) is 0 Å². The first-order valence-corrected chi connectivity index (χ1v) is 9.05. The Balaban J connectivity index is 1.55. The van der Waals surface area contributed by atoms with Crippen LogP contribution in [0.15, 0.2) is 47.2 Å². The summed E-state index contributed by atoms with van der Waals surface area (Å²) in [6.45, 7) is 0.364. The average molecular weight is 356 g/mol. The minimum absolute atomic E-state index is 0.0509. The van der Waals surface area contributed by atoms with Crippen LogP contribution in [0, 0.1) is 5.92 Å². The number of aromatic amines is 1. The number of likely N-dealkylation sites (tertiary alicyclic amines) is 1. The molecule has 7 heteroatoms. The van der Waals surface area contributed by atoms with Gasteiger partial charge in [0.2, 0.25) is 0 Å². The molecule has 1 amide bonds. The zero-order valence-electron chi connectivity index (χ0n) is 13.4. The molecule has 4 rings (SSSR count). The standard InChI is InChI=1S/C18H17FN4OS/c19-8-14-9-23(18(24)13-6-7-25-11-13)10-15(14)17-20-16(21-22-17)12-4-2-1-3-5-12/h1-7,11,14-15H,8-10H2,(H,20,21,22)/t14-,15-/m1/s1. The second kappa shape index (κ2) is 6.76. The summed E-state index contributed by atoms with van der Waals surface area (Å²) in [7, 11) is 0. The summed E-state index contributed by atoms with van der Waals surface area (Å²) in [6, 6.07) is 11.4. The van der Waals surface area contributed by atoms with E-state index >= 15 is 0 Å². The molecule has 0 bridgehead atoms. The molecule has 1 N–H and O–H groups in total. The lowest BCUT2D eigenvalue weighted by molar-refractivity contribution is 0.0785. The molecule has 1 aliphatic heterocycles. The van der Waals surface area contributed by atoms with E-state index in [2.05, 4.69) is 15.2 Å². The summed E-state index contributed by atoms with van der Waals surface area (Å²) < 4.78 is 13.5. The summed E-state index contributed by atoms with van der Waals surface area (Å²) in [5.74, 6) is 0.750. The van der Waals surface area contributed by atoms with E-state index in [-0.39, 0.29) is 17.7 Å². The second-order valence-corrected chi connectivity index (χ2v) is 6.93. The summed E-state index contributed by atoms with van der Waals surface area (Å²) >= 11 is 1.48. The fourth-order valence-electron chi connectivity index (χ4n) is 3.23. The first-order chi connectivity index (χ1) is 12.3. The van der Waals surface area contributed by atoms with E-state index in [0.717, 1.165) is 5.56 Å². The SMILES string of the molecule is O=C(c1ccsc1)N1C[C@@H](CF)[C@H](c2nc(-c3ccccc3)n[nH]2)C1. The highest BCUT2D eigenvalue weighted by molar-refractivity contribution is 7.08. The first-order valence-electron chi connectivity index (χ1n) is 8.11. The van der Waals surface area contributed by atoms with E-state index in [9.17, 15) is 9.18 Å². The van der Waals surface area contributed by atoms with E-state index < -0.39 is 6.67 Å². The number of alkyl halides is 1. The van der Waals surface area contributed by atoms with E-state index in [1.165, 1.54) is 11.3 Å². The number of nitrogens with one attached hydrogen (secondary N) is 1. The van der Waals surface area contributed by atoms with Crippen LogP contribution >= 0.6 is 11.3 Å². The van der Waals surface area contributed by atoms with Gasteiger partial charge in [0, 0.05) is 35.9 Å². The number of hydrogen-bond donors (Lipinski definition) is 1. The van der Waals surface area contributed by atoms with Crippen molar-refractivity contribution >= 4 is 17.2 Å². The molecule has 1 fully saturated rings. The smallest absolute Gasteiger partial charge is 0.254 e. The third-order valence-corrected chi connectivity index (χ3v) is 5.26. The Morgan fingerprint density at radius 1 is 1.28 bits per heavy atom. The van der Waals surface area contributed by atoms with E-state index in [1.54, 1.807) is 11.0 Å². The minimum atomic E-state index is -0.487. The molecule has 1 aliphatic rings. The zero-order valence-corrected chi connectivity index (χ0v) is 14.2. The van der Waals surface area contributed by atoms with Crippen LogP contribution in [0.5, 0.6) is 0 Å². The predicted molar refractivity (Wildman–Crippen MR) is 94.2 cm³/mol. The van der Waals surface area contributed by atoms with Gasteiger partial charge in [0.05, 0.1) is 12.2 Å². The van der Waals surface area contributed by atoms with Crippen LogP contribution in [-0.2, 0) is 0 Å². The molecular weight excluding hydrogens is 339 g/mol. The summed E-state index contributed by atoms with van der Waals surface area (Å²) in [6.07, 6.45) is 0. The highest BCUT2D eigenvalue weighted by Crippen LogP contribution is 2.33. The lowest BCUT2D eigenvalue weighted by atomic mass is 9.97. The lowest BCUT2D eigenvalue weighted by Gasteiger charge is -2.14. The normalized spacial score (nSPS) is 20.1. The Morgan fingerprint density at radius 2 is 2.12 bits per heavy atom. The average Bonchev–Trinajstić information content (AvgIpc) is 3.41. The third kappa shape index (κ3) is 3.07. The molecule has 3 heterocycles. The van der Waals surface area contributed by atoms with Crippen molar-refractivity contribution in [2.45, 2.75) is 5.92 Å². The summed E-state index contributed by atoms with van der Waals surface area (Å²) in [5, 5.41) is 10.9. The lowest BCUT2D eigenvalue weighted by Crippen LogP contribution is -2.28.